The van der Waals surface area contributed by atoms with Crippen molar-refractivity contribution >= 4 is 39.1 Å². The van der Waals surface area contributed by atoms with Crippen molar-refractivity contribution < 1.29 is 18.7 Å². The van der Waals surface area contributed by atoms with Crippen LogP contribution in [0.5, 0.6) is 5.75 Å². The normalized spacial score (nSPS) is 10.1. The van der Waals surface area contributed by atoms with Gasteiger partial charge in [0.2, 0.25) is 0 Å². The van der Waals surface area contributed by atoms with E-state index in [1.165, 1.54) is 0 Å². The van der Waals surface area contributed by atoms with E-state index in [4.69, 9.17) is 14.4 Å². The number of nitrogens with zero attached hydrogens (tertiary/aromatic N) is 1. The third-order valence-corrected chi connectivity index (χ3v) is 4.40. The summed E-state index contributed by atoms with van der Waals surface area (Å²) in [4.78, 5) is 24.8. The molecule has 7 nitrogen and oxygen atoms in total. The number of nitrogens with one attached hydrogen (secondary N) is 2. The van der Waals surface area contributed by atoms with Crippen molar-refractivity contribution in [3.63, 3.8) is 0 Å². The second-order valence-electron chi connectivity index (χ2n) is 6.23. The Morgan fingerprint density at radius 2 is 1.73 bits per heavy atom. The van der Waals surface area contributed by atoms with Crippen LogP contribution in [0.1, 0.15) is 33.8 Å². The average molecular weight is 468 g/mol. The maximum Gasteiger partial charge on any atom is 0.291 e. The summed E-state index contributed by atoms with van der Waals surface area (Å²) in [5.41, 5.74) is 1.43. The number of amides is 2. The Kier molecular flexibility index (Phi) is 7.24. The molecule has 0 bridgehead atoms. The van der Waals surface area contributed by atoms with Gasteiger partial charge in [0.05, 0.1) is 12.7 Å². The number of hydrogen-bond acceptors (Lipinski definition) is 5. The predicted molar refractivity (Wildman–Crippen MR) is 116 cm³/mol. The summed E-state index contributed by atoms with van der Waals surface area (Å²) in [6.07, 6.45) is 1.07. The van der Waals surface area contributed by atoms with E-state index in [-0.39, 0.29) is 11.7 Å². The number of rotatable bonds is 8. The molecule has 1 aromatic heterocycles. The largest absolute Gasteiger partial charge is 0.493 e. The third kappa shape index (κ3) is 5.96. The summed E-state index contributed by atoms with van der Waals surface area (Å²) in [6.45, 7) is 0.430. The average Bonchev–Trinajstić information content (AvgIpc) is 3.18. The Morgan fingerprint density at radius 1 is 1.00 bits per heavy atom. The topological polar surface area (TPSA) is 104 Å². The van der Waals surface area contributed by atoms with Crippen molar-refractivity contribution in [2.24, 2.45) is 0 Å². The van der Waals surface area contributed by atoms with Crippen LogP contribution in [0.15, 0.2) is 69.8 Å². The number of furan rings is 1. The van der Waals surface area contributed by atoms with Crippen LogP contribution in [-0.4, -0.2) is 18.4 Å². The van der Waals surface area contributed by atoms with Gasteiger partial charge in [0.1, 0.15) is 5.75 Å². The smallest absolute Gasteiger partial charge is 0.291 e. The SMILES string of the molecule is N#CCCCOc1cccc(NC(=O)c2cccc(NC(=O)c3ccc(Br)o3)c2)c1. The number of halogens is 1. The minimum Gasteiger partial charge on any atom is -0.493 e. The first-order valence-electron chi connectivity index (χ1n) is 9.13. The fraction of sp³-hybridized carbons (Fsp3) is 0.136. The highest BCUT2D eigenvalue weighted by molar-refractivity contribution is 9.10. The van der Waals surface area contributed by atoms with Crippen LogP contribution in [-0.2, 0) is 0 Å². The predicted octanol–water partition coefficient (Wildman–Crippen LogP) is 5.23. The fourth-order valence-electron chi connectivity index (χ4n) is 2.58. The Labute approximate surface area is 181 Å². The van der Waals surface area contributed by atoms with Crippen LogP contribution in [0.25, 0.3) is 0 Å². The number of benzene rings is 2. The molecule has 0 fully saturated rings. The molecule has 0 spiro atoms. The van der Waals surface area contributed by atoms with Crippen molar-refractivity contribution in [3.05, 3.63) is 76.7 Å². The minimum atomic E-state index is -0.417. The zero-order valence-electron chi connectivity index (χ0n) is 15.9. The van der Waals surface area contributed by atoms with Crippen LogP contribution < -0.4 is 15.4 Å². The van der Waals surface area contributed by atoms with Gasteiger partial charge in [0, 0.05) is 29.4 Å². The lowest BCUT2D eigenvalue weighted by Gasteiger charge is -2.10. The van der Waals surface area contributed by atoms with Crippen molar-refractivity contribution in [2.75, 3.05) is 17.2 Å². The van der Waals surface area contributed by atoms with E-state index in [0.29, 0.717) is 46.8 Å². The number of ether oxygens (including phenoxy) is 1. The molecule has 0 aliphatic carbocycles. The molecule has 0 saturated carbocycles. The van der Waals surface area contributed by atoms with E-state index < -0.39 is 5.91 Å². The summed E-state index contributed by atoms with van der Waals surface area (Å²) < 4.78 is 11.3. The van der Waals surface area contributed by atoms with E-state index in [1.54, 1.807) is 60.7 Å². The van der Waals surface area contributed by atoms with E-state index in [2.05, 4.69) is 32.6 Å². The summed E-state index contributed by atoms with van der Waals surface area (Å²) in [5, 5.41) is 14.1. The number of nitriles is 1. The van der Waals surface area contributed by atoms with Crippen LogP contribution in [0.2, 0.25) is 0 Å². The first-order chi connectivity index (χ1) is 14.5. The van der Waals surface area contributed by atoms with Gasteiger partial charge in [-0.25, -0.2) is 0 Å². The standard InChI is InChI=1S/C22H18BrN3O4/c23-20-10-9-19(30-20)22(28)26-16-6-3-5-15(13-16)21(27)25-17-7-4-8-18(14-17)29-12-2-1-11-24/h3-10,13-14H,1-2,12H2,(H,25,27)(H,26,28). The van der Waals surface area contributed by atoms with Gasteiger partial charge in [-0.15, -0.1) is 0 Å². The number of unbranched alkanes of at least 4 members (excludes halogenated alkanes) is 1. The molecular formula is C22H18BrN3O4. The van der Waals surface area contributed by atoms with Gasteiger partial charge in [-0.3, -0.25) is 9.59 Å². The minimum absolute atomic E-state index is 0.156. The summed E-state index contributed by atoms with van der Waals surface area (Å²) >= 11 is 3.15. The molecule has 3 rings (SSSR count). The van der Waals surface area contributed by atoms with Gasteiger partial charge in [-0.1, -0.05) is 12.1 Å². The molecule has 0 radical (unpaired) electrons. The molecule has 1 heterocycles. The van der Waals surface area contributed by atoms with Crippen LogP contribution in [0.3, 0.4) is 0 Å². The van der Waals surface area contributed by atoms with Crippen molar-refractivity contribution in [1.29, 1.82) is 5.26 Å². The van der Waals surface area contributed by atoms with Crippen molar-refractivity contribution in [2.45, 2.75) is 12.8 Å². The van der Waals surface area contributed by atoms with Crippen LogP contribution in [0, 0.1) is 11.3 Å². The first kappa shape index (κ1) is 21.1. The Balaban J connectivity index is 1.62. The second-order valence-corrected chi connectivity index (χ2v) is 7.01. The number of carbonyl (C=O) groups excluding carboxylic acids is 2. The lowest BCUT2D eigenvalue weighted by molar-refractivity contribution is 0.0992. The maximum absolute atomic E-state index is 12.6. The van der Waals surface area contributed by atoms with Gasteiger partial charge < -0.3 is 19.8 Å². The molecule has 2 amide bonds. The molecular weight excluding hydrogens is 450 g/mol. The Hall–Kier alpha value is -3.57. The Morgan fingerprint density at radius 3 is 2.47 bits per heavy atom. The van der Waals surface area contributed by atoms with Crippen molar-refractivity contribution in [3.8, 4) is 11.8 Å². The lowest BCUT2D eigenvalue weighted by Crippen LogP contribution is -2.14. The monoisotopic (exact) mass is 467 g/mol. The summed E-state index contributed by atoms with van der Waals surface area (Å²) in [5.74, 6) is 0.0210. The fourth-order valence-corrected chi connectivity index (χ4v) is 2.88. The van der Waals surface area contributed by atoms with Gasteiger partial charge in [0.25, 0.3) is 11.8 Å². The highest BCUT2D eigenvalue weighted by Crippen LogP contribution is 2.20. The second kappa shape index (κ2) is 10.3. The highest BCUT2D eigenvalue weighted by atomic mass is 79.9. The summed E-state index contributed by atoms with van der Waals surface area (Å²) in [7, 11) is 0. The van der Waals surface area contributed by atoms with Gasteiger partial charge in [0.15, 0.2) is 10.4 Å². The quantitative estimate of drug-likeness (QED) is 0.441. The van der Waals surface area contributed by atoms with Gasteiger partial charge >= 0.3 is 0 Å². The Bertz CT molecular complexity index is 1090. The van der Waals surface area contributed by atoms with Crippen LogP contribution >= 0.6 is 15.9 Å². The van der Waals surface area contributed by atoms with Gasteiger partial charge in [-0.05, 0) is 64.8 Å². The van der Waals surface area contributed by atoms with E-state index in [9.17, 15) is 9.59 Å². The maximum atomic E-state index is 12.6. The van der Waals surface area contributed by atoms with Crippen LogP contribution in [0.4, 0.5) is 11.4 Å². The molecule has 2 N–H and O–H groups in total. The molecule has 0 unspecified atom stereocenters. The van der Waals surface area contributed by atoms with E-state index in [0.717, 1.165) is 0 Å². The number of anilines is 2. The lowest BCUT2D eigenvalue weighted by atomic mass is 10.1. The number of hydrogen-bond donors (Lipinski definition) is 2. The first-order valence-corrected chi connectivity index (χ1v) is 9.92. The molecule has 0 atom stereocenters. The third-order valence-electron chi connectivity index (χ3n) is 3.97. The number of carbonyl (C=O) groups is 2. The highest BCUT2D eigenvalue weighted by Gasteiger charge is 2.12. The zero-order valence-corrected chi connectivity index (χ0v) is 17.4. The van der Waals surface area contributed by atoms with E-state index in [1.807, 2.05) is 0 Å². The molecule has 30 heavy (non-hydrogen) atoms. The molecule has 152 valence electrons. The van der Waals surface area contributed by atoms with Gasteiger partial charge in [-0.2, -0.15) is 5.26 Å². The molecule has 0 saturated heterocycles. The molecule has 0 aliphatic heterocycles. The summed E-state index contributed by atoms with van der Waals surface area (Å²) in [6, 6.07) is 18.8. The van der Waals surface area contributed by atoms with Crippen molar-refractivity contribution in [1.82, 2.24) is 0 Å². The van der Waals surface area contributed by atoms with E-state index >= 15 is 0 Å². The molecule has 0 aliphatic rings. The molecule has 8 heteroatoms. The molecule has 2 aromatic carbocycles. The zero-order chi connectivity index (χ0) is 21.3. The molecule has 3 aromatic rings.